The lowest BCUT2D eigenvalue weighted by molar-refractivity contribution is 0.0658. The number of hydrogen-bond acceptors (Lipinski definition) is 7. The molecular weight excluding hydrogens is 456 g/mol. The Morgan fingerprint density at radius 1 is 1.17 bits per heavy atom. The average Bonchev–Trinajstić information content (AvgIpc) is 3.13. The number of piperidine rings is 1. The zero-order valence-electron chi connectivity index (χ0n) is 20.9. The summed E-state index contributed by atoms with van der Waals surface area (Å²) in [6.07, 6.45) is 1.87. The normalized spacial score (nSPS) is 19.0. The number of nitrogens with two attached hydrogens (primary N) is 1. The first-order chi connectivity index (χ1) is 17.4. The monoisotopic (exact) mass is 488 g/mol. The van der Waals surface area contributed by atoms with Gasteiger partial charge in [0.1, 0.15) is 11.2 Å². The first-order valence-electron chi connectivity index (χ1n) is 12.4. The van der Waals surface area contributed by atoms with Crippen LogP contribution in [0, 0.1) is 11.3 Å². The maximum Gasteiger partial charge on any atom is 0.330 e. The minimum atomic E-state index is -0.239. The standard InChI is InChI=1S/C26H32N8O2/c1-30-10-12-32(13-11-30)25(35)21-14-22(33-9-5-8-20(28)17-33)23-24(29-21)31(2)26(36)34(23)16-19-7-4-3-6-18(19)15-27/h3-4,6-7,14,20H,5,8-13,16-17,28H2,1-2H3/t20-/m1/s1. The molecule has 5 rings (SSSR count). The van der Waals surface area contributed by atoms with Crippen LogP contribution in [0.5, 0.6) is 0 Å². The van der Waals surface area contributed by atoms with Crippen LogP contribution in [-0.2, 0) is 13.6 Å². The highest BCUT2D eigenvalue weighted by Gasteiger charge is 2.28. The smallest absolute Gasteiger partial charge is 0.330 e. The lowest BCUT2D eigenvalue weighted by Crippen LogP contribution is -2.47. The van der Waals surface area contributed by atoms with Crippen molar-refractivity contribution in [3.63, 3.8) is 0 Å². The Labute approximate surface area is 210 Å². The number of piperazine rings is 1. The zero-order chi connectivity index (χ0) is 25.4. The van der Waals surface area contributed by atoms with E-state index < -0.39 is 0 Å². The van der Waals surface area contributed by atoms with Gasteiger partial charge in [-0.05, 0) is 37.6 Å². The molecule has 0 radical (unpaired) electrons. The number of nitrogens with zero attached hydrogens (tertiary/aromatic N) is 7. The third-order valence-electron chi connectivity index (χ3n) is 7.33. The molecule has 1 atom stereocenters. The summed E-state index contributed by atoms with van der Waals surface area (Å²) in [5.41, 5.74) is 9.63. The summed E-state index contributed by atoms with van der Waals surface area (Å²) in [6.45, 7) is 4.57. The van der Waals surface area contributed by atoms with Gasteiger partial charge in [-0.15, -0.1) is 0 Å². The summed E-state index contributed by atoms with van der Waals surface area (Å²) in [4.78, 5) is 37.9. The van der Waals surface area contributed by atoms with Gasteiger partial charge in [-0.2, -0.15) is 5.26 Å². The molecule has 2 saturated heterocycles. The van der Waals surface area contributed by atoms with Gasteiger partial charge in [-0.25, -0.2) is 9.78 Å². The number of fused-ring (bicyclic) bond motifs is 1. The first-order valence-corrected chi connectivity index (χ1v) is 12.4. The number of carbonyl (C=O) groups excluding carboxylic acids is 1. The number of carbonyl (C=O) groups is 1. The Balaban J connectivity index is 1.66. The van der Waals surface area contributed by atoms with E-state index in [0.29, 0.717) is 42.1 Å². The van der Waals surface area contributed by atoms with Crippen LogP contribution in [0.4, 0.5) is 5.69 Å². The highest BCUT2D eigenvalue weighted by Crippen LogP contribution is 2.30. The molecule has 1 amide bonds. The van der Waals surface area contributed by atoms with Crippen molar-refractivity contribution in [1.82, 2.24) is 23.9 Å². The van der Waals surface area contributed by atoms with Crippen LogP contribution in [0.1, 0.15) is 34.5 Å². The van der Waals surface area contributed by atoms with E-state index in [-0.39, 0.29) is 24.2 Å². The molecule has 188 valence electrons. The van der Waals surface area contributed by atoms with Gasteiger partial charge in [0.15, 0.2) is 5.65 Å². The van der Waals surface area contributed by atoms with E-state index in [4.69, 9.17) is 10.7 Å². The number of benzene rings is 1. The predicted molar refractivity (Wildman–Crippen MR) is 138 cm³/mol. The van der Waals surface area contributed by atoms with E-state index in [1.165, 1.54) is 4.57 Å². The Morgan fingerprint density at radius 2 is 1.92 bits per heavy atom. The van der Waals surface area contributed by atoms with Crippen LogP contribution in [-0.4, -0.2) is 82.2 Å². The summed E-state index contributed by atoms with van der Waals surface area (Å²) >= 11 is 0. The van der Waals surface area contributed by atoms with Crippen molar-refractivity contribution >= 4 is 22.8 Å². The third kappa shape index (κ3) is 4.36. The van der Waals surface area contributed by atoms with Crippen molar-refractivity contribution in [1.29, 1.82) is 5.26 Å². The largest absolute Gasteiger partial charge is 0.368 e. The van der Waals surface area contributed by atoms with Crippen LogP contribution in [0.3, 0.4) is 0 Å². The molecule has 2 fully saturated rings. The number of amides is 1. The molecule has 0 saturated carbocycles. The Bertz CT molecular complexity index is 1390. The van der Waals surface area contributed by atoms with Gasteiger partial charge < -0.3 is 20.4 Å². The molecule has 36 heavy (non-hydrogen) atoms. The number of nitriles is 1. The summed E-state index contributed by atoms with van der Waals surface area (Å²) in [7, 11) is 3.73. The summed E-state index contributed by atoms with van der Waals surface area (Å²) in [5, 5.41) is 9.59. The van der Waals surface area contributed by atoms with Crippen molar-refractivity contribution in [3.8, 4) is 6.07 Å². The predicted octanol–water partition coefficient (Wildman–Crippen LogP) is 0.970. The fraction of sp³-hybridized carbons (Fsp3) is 0.462. The summed E-state index contributed by atoms with van der Waals surface area (Å²) in [6, 6.07) is 11.3. The van der Waals surface area contributed by atoms with Crippen molar-refractivity contribution in [2.24, 2.45) is 12.8 Å². The number of aromatic nitrogens is 3. The Kier molecular flexibility index (Phi) is 6.51. The molecule has 1 aromatic carbocycles. The summed E-state index contributed by atoms with van der Waals surface area (Å²) < 4.78 is 3.16. The molecule has 0 aliphatic carbocycles. The highest BCUT2D eigenvalue weighted by molar-refractivity contribution is 5.98. The minimum absolute atomic E-state index is 0.0157. The molecule has 2 aliphatic heterocycles. The van der Waals surface area contributed by atoms with Gasteiger partial charge in [-0.1, -0.05) is 18.2 Å². The maximum atomic E-state index is 13.5. The van der Waals surface area contributed by atoms with Gasteiger partial charge in [0, 0.05) is 52.4 Å². The fourth-order valence-corrected chi connectivity index (χ4v) is 5.21. The lowest BCUT2D eigenvalue weighted by atomic mass is 10.1. The number of likely N-dealkylation sites (N-methyl/N-ethyl adjacent to an activating group) is 1. The van der Waals surface area contributed by atoms with Crippen LogP contribution in [0.25, 0.3) is 11.2 Å². The van der Waals surface area contributed by atoms with Crippen LogP contribution in [0.2, 0.25) is 0 Å². The van der Waals surface area contributed by atoms with Crippen LogP contribution in [0.15, 0.2) is 35.1 Å². The quantitative estimate of drug-likeness (QED) is 0.582. The number of anilines is 1. The minimum Gasteiger partial charge on any atom is -0.368 e. The van der Waals surface area contributed by atoms with E-state index in [1.54, 1.807) is 17.7 Å². The van der Waals surface area contributed by atoms with Crippen molar-refractivity contribution in [3.05, 3.63) is 57.6 Å². The van der Waals surface area contributed by atoms with E-state index in [1.807, 2.05) is 36.2 Å². The van der Waals surface area contributed by atoms with Gasteiger partial charge >= 0.3 is 5.69 Å². The SMILES string of the molecule is CN1CCN(C(=O)c2cc(N3CCC[C@@H](N)C3)c3c(n2)n(C)c(=O)n3Cc2ccccc2C#N)CC1. The van der Waals surface area contributed by atoms with Gasteiger partial charge in [0.25, 0.3) is 5.91 Å². The maximum absolute atomic E-state index is 13.5. The summed E-state index contributed by atoms with van der Waals surface area (Å²) in [5.74, 6) is -0.123. The van der Waals surface area contributed by atoms with E-state index in [9.17, 15) is 14.9 Å². The van der Waals surface area contributed by atoms with E-state index in [2.05, 4.69) is 15.9 Å². The molecule has 2 aromatic heterocycles. The highest BCUT2D eigenvalue weighted by atomic mass is 16.2. The van der Waals surface area contributed by atoms with Gasteiger partial charge in [-0.3, -0.25) is 13.9 Å². The molecular formula is C26H32N8O2. The number of imidazole rings is 1. The van der Waals surface area contributed by atoms with E-state index in [0.717, 1.165) is 43.7 Å². The molecule has 10 heteroatoms. The molecule has 0 unspecified atom stereocenters. The van der Waals surface area contributed by atoms with Gasteiger partial charge in [0.2, 0.25) is 0 Å². The number of pyridine rings is 1. The molecule has 10 nitrogen and oxygen atoms in total. The lowest BCUT2D eigenvalue weighted by Gasteiger charge is -2.34. The second-order valence-corrected chi connectivity index (χ2v) is 9.84. The van der Waals surface area contributed by atoms with Crippen molar-refractivity contribution in [2.75, 3.05) is 51.2 Å². The van der Waals surface area contributed by atoms with Crippen LogP contribution < -0.4 is 16.3 Å². The molecule has 4 heterocycles. The molecule has 2 aliphatic rings. The molecule has 3 aromatic rings. The van der Waals surface area contributed by atoms with Gasteiger partial charge in [0.05, 0.1) is 23.9 Å². The van der Waals surface area contributed by atoms with Crippen molar-refractivity contribution < 1.29 is 4.79 Å². The second kappa shape index (κ2) is 9.76. The molecule has 0 spiro atoms. The Hall–Kier alpha value is -3.68. The molecule has 0 bridgehead atoms. The topological polar surface area (TPSA) is 116 Å². The first kappa shape index (κ1) is 24.0. The fourth-order valence-electron chi connectivity index (χ4n) is 5.21. The third-order valence-corrected chi connectivity index (χ3v) is 7.33. The average molecular weight is 489 g/mol. The van der Waals surface area contributed by atoms with Crippen LogP contribution >= 0.6 is 0 Å². The number of hydrogen-bond donors (Lipinski definition) is 1. The second-order valence-electron chi connectivity index (χ2n) is 9.84. The number of aryl methyl sites for hydroxylation is 1. The van der Waals surface area contributed by atoms with Crippen molar-refractivity contribution in [2.45, 2.75) is 25.4 Å². The number of rotatable bonds is 4. The molecule has 2 N–H and O–H groups in total. The van der Waals surface area contributed by atoms with E-state index >= 15 is 0 Å². The Morgan fingerprint density at radius 3 is 2.64 bits per heavy atom. The zero-order valence-corrected chi connectivity index (χ0v) is 20.9.